The summed E-state index contributed by atoms with van der Waals surface area (Å²) in [4.78, 5) is 16.8. The molecule has 4 rings (SSSR count). The first-order valence-corrected chi connectivity index (χ1v) is 11.0. The van der Waals surface area contributed by atoms with Gasteiger partial charge in [0.05, 0.1) is 13.0 Å². The van der Waals surface area contributed by atoms with Crippen LogP contribution in [0.4, 0.5) is 0 Å². The molecule has 1 aliphatic carbocycles. The lowest BCUT2D eigenvalue weighted by molar-refractivity contribution is -0.133. The van der Waals surface area contributed by atoms with Crippen LogP contribution in [0.15, 0.2) is 18.2 Å². The maximum Gasteiger partial charge on any atom is 0.224 e. The van der Waals surface area contributed by atoms with Crippen LogP contribution in [-0.4, -0.2) is 67.7 Å². The van der Waals surface area contributed by atoms with Crippen LogP contribution in [0, 0.1) is 0 Å². The molecule has 0 bridgehead atoms. The molecule has 0 radical (unpaired) electrons. The van der Waals surface area contributed by atoms with Crippen LogP contribution >= 0.6 is 0 Å². The largest absolute Gasteiger partial charge is 0.490 e. The quantitative estimate of drug-likeness (QED) is 0.754. The second-order valence-corrected chi connectivity index (χ2v) is 8.49. The van der Waals surface area contributed by atoms with Crippen molar-refractivity contribution in [1.82, 2.24) is 9.80 Å². The van der Waals surface area contributed by atoms with E-state index in [1.54, 1.807) is 7.11 Å². The molecule has 0 N–H and O–H groups in total. The lowest BCUT2D eigenvalue weighted by atomic mass is 9.91. The van der Waals surface area contributed by atoms with Crippen LogP contribution in [0.2, 0.25) is 0 Å². The molecule has 1 saturated carbocycles. The Morgan fingerprint density at radius 3 is 2.46 bits per heavy atom. The van der Waals surface area contributed by atoms with Crippen molar-refractivity contribution < 1.29 is 14.3 Å². The summed E-state index contributed by atoms with van der Waals surface area (Å²) in [5, 5.41) is 0. The van der Waals surface area contributed by atoms with Gasteiger partial charge in [0, 0.05) is 52.2 Å². The number of hydrogen-bond donors (Lipinski definition) is 0. The van der Waals surface area contributed by atoms with Crippen LogP contribution in [0.5, 0.6) is 5.75 Å². The topological polar surface area (TPSA) is 42.0 Å². The first kappa shape index (κ1) is 19.7. The molecule has 2 fully saturated rings. The number of benzene rings is 1. The summed E-state index contributed by atoms with van der Waals surface area (Å²) in [6.07, 6.45) is 8.98. The first-order valence-electron chi connectivity index (χ1n) is 11.0. The van der Waals surface area contributed by atoms with E-state index in [9.17, 15) is 4.79 Å². The summed E-state index contributed by atoms with van der Waals surface area (Å²) in [5.41, 5.74) is 2.96. The van der Waals surface area contributed by atoms with Crippen molar-refractivity contribution in [3.05, 3.63) is 29.3 Å². The summed E-state index contributed by atoms with van der Waals surface area (Å²) in [6, 6.07) is 7.53. The van der Waals surface area contributed by atoms with Gasteiger partial charge in [-0.3, -0.25) is 9.69 Å². The van der Waals surface area contributed by atoms with Crippen molar-refractivity contribution in [2.75, 3.05) is 39.9 Å². The van der Waals surface area contributed by atoms with E-state index in [4.69, 9.17) is 9.47 Å². The number of ether oxygens (including phenoxy) is 2. The van der Waals surface area contributed by atoms with Gasteiger partial charge in [-0.25, -0.2) is 0 Å². The van der Waals surface area contributed by atoms with Crippen molar-refractivity contribution >= 4 is 5.91 Å². The van der Waals surface area contributed by atoms with E-state index in [1.807, 2.05) is 4.90 Å². The Morgan fingerprint density at radius 2 is 1.79 bits per heavy atom. The van der Waals surface area contributed by atoms with E-state index in [0.717, 1.165) is 50.6 Å². The van der Waals surface area contributed by atoms with E-state index >= 15 is 0 Å². The average molecular weight is 387 g/mol. The van der Waals surface area contributed by atoms with Crippen molar-refractivity contribution in [2.24, 2.45) is 0 Å². The van der Waals surface area contributed by atoms with Crippen molar-refractivity contribution in [2.45, 2.75) is 63.5 Å². The van der Waals surface area contributed by atoms with Crippen LogP contribution in [-0.2, 0) is 22.4 Å². The molecule has 2 heterocycles. The number of amides is 1. The third-order valence-corrected chi connectivity index (χ3v) is 6.72. The molecule has 0 atom stereocenters. The maximum absolute atomic E-state index is 12.1. The number of piperidine rings is 1. The molecule has 1 aromatic rings. The van der Waals surface area contributed by atoms with Crippen molar-refractivity contribution in [1.29, 1.82) is 0 Å². The SMILES string of the molecule is COCCC(=O)N1CCC(Oc2ccc3c(c2)CCN(C2CCC2)CC3)CC1. The third kappa shape index (κ3) is 4.69. The molecule has 2 aliphatic heterocycles. The normalized spacial score (nSPS) is 21.7. The summed E-state index contributed by atoms with van der Waals surface area (Å²) < 4.78 is 11.3. The first-order chi connectivity index (χ1) is 13.7. The Hall–Kier alpha value is -1.59. The number of hydrogen-bond acceptors (Lipinski definition) is 4. The van der Waals surface area contributed by atoms with Gasteiger partial charge in [-0.15, -0.1) is 0 Å². The molecular formula is C23H34N2O3. The second kappa shape index (κ2) is 9.27. The number of likely N-dealkylation sites (tertiary alicyclic amines) is 1. The molecule has 0 unspecified atom stereocenters. The highest BCUT2D eigenvalue weighted by Gasteiger charge is 2.27. The van der Waals surface area contributed by atoms with Crippen molar-refractivity contribution in [3.8, 4) is 5.75 Å². The van der Waals surface area contributed by atoms with Gasteiger partial charge in [-0.1, -0.05) is 12.5 Å². The smallest absolute Gasteiger partial charge is 0.224 e. The molecule has 0 aromatic heterocycles. The second-order valence-electron chi connectivity index (χ2n) is 8.49. The third-order valence-electron chi connectivity index (χ3n) is 6.72. The van der Waals surface area contributed by atoms with E-state index < -0.39 is 0 Å². The molecule has 1 saturated heterocycles. The number of fused-ring (bicyclic) bond motifs is 1. The molecule has 0 spiro atoms. The van der Waals surface area contributed by atoms with E-state index in [0.29, 0.717) is 13.0 Å². The van der Waals surface area contributed by atoms with Crippen LogP contribution in [0.25, 0.3) is 0 Å². The fourth-order valence-electron chi connectivity index (χ4n) is 4.67. The summed E-state index contributed by atoms with van der Waals surface area (Å²) in [5.74, 6) is 1.20. The fraction of sp³-hybridized carbons (Fsp3) is 0.696. The highest BCUT2D eigenvalue weighted by Crippen LogP contribution is 2.29. The van der Waals surface area contributed by atoms with E-state index in [-0.39, 0.29) is 12.0 Å². The molecule has 154 valence electrons. The number of rotatable bonds is 6. The molecule has 5 heteroatoms. The van der Waals surface area contributed by atoms with Gasteiger partial charge in [0.1, 0.15) is 11.9 Å². The highest BCUT2D eigenvalue weighted by atomic mass is 16.5. The standard InChI is InChI=1S/C23H34N2O3/c1-27-16-11-23(26)25-14-9-21(10-15-25)28-22-6-5-18-7-12-24(20-3-2-4-20)13-8-19(18)17-22/h5-6,17,20-21H,2-4,7-16H2,1H3. The van der Waals surface area contributed by atoms with Gasteiger partial charge in [0.2, 0.25) is 5.91 Å². The predicted molar refractivity (Wildman–Crippen MR) is 110 cm³/mol. The molecule has 28 heavy (non-hydrogen) atoms. The van der Waals surface area contributed by atoms with Crippen LogP contribution in [0.1, 0.15) is 49.7 Å². The number of nitrogens with zero attached hydrogens (tertiary/aromatic N) is 2. The van der Waals surface area contributed by atoms with Gasteiger partial charge >= 0.3 is 0 Å². The predicted octanol–water partition coefficient (Wildman–Crippen LogP) is 3.05. The molecular weight excluding hydrogens is 352 g/mol. The zero-order valence-electron chi connectivity index (χ0n) is 17.2. The molecule has 3 aliphatic rings. The summed E-state index contributed by atoms with van der Waals surface area (Å²) >= 11 is 0. The fourth-order valence-corrected chi connectivity index (χ4v) is 4.67. The Balaban J connectivity index is 1.28. The monoisotopic (exact) mass is 386 g/mol. The van der Waals surface area contributed by atoms with E-state index in [2.05, 4.69) is 23.1 Å². The van der Waals surface area contributed by atoms with Gasteiger partial charge in [-0.05, 0) is 48.9 Å². The van der Waals surface area contributed by atoms with Gasteiger partial charge in [-0.2, -0.15) is 0 Å². The van der Waals surface area contributed by atoms with Crippen molar-refractivity contribution in [3.63, 3.8) is 0 Å². The average Bonchev–Trinajstić information content (AvgIpc) is 2.88. The zero-order chi connectivity index (χ0) is 19.3. The van der Waals surface area contributed by atoms with Gasteiger partial charge < -0.3 is 14.4 Å². The number of carbonyl (C=O) groups excluding carboxylic acids is 1. The molecule has 1 amide bonds. The highest BCUT2D eigenvalue weighted by molar-refractivity contribution is 5.76. The summed E-state index contributed by atoms with van der Waals surface area (Å²) in [7, 11) is 1.64. The van der Waals surface area contributed by atoms with Crippen LogP contribution in [0.3, 0.4) is 0 Å². The maximum atomic E-state index is 12.1. The Morgan fingerprint density at radius 1 is 1.04 bits per heavy atom. The van der Waals surface area contributed by atoms with Crippen LogP contribution < -0.4 is 4.74 Å². The minimum absolute atomic E-state index is 0.196. The Labute approximate surface area is 169 Å². The number of methoxy groups -OCH3 is 1. The lowest BCUT2D eigenvalue weighted by Crippen LogP contribution is -2.42. The number of carbonyl (C=O) groups is 1. The van der Waals surface area contributed by atoms with E-state index in [1.165, 1.54) is 43.5 Å². The zero-order valence-corrected chi connectivity index (χ0v) is 17.2. The molecule has 1 aromatic carbocycles. The van der Waals surface area contributed by atoms with Gasteiger partial charge in [0.15, 0.2) is 0 Å². The van der Waals surface area contributed by atoms with Gasteiger partial charge in [0.25, 0.3) is 0 Å². The lowest BCUT2D eigenvalue weighted by Gasteiger charge is -2.36. The summed E-state index contributed by atoms with van der Waals surface area (Å²) in [6.45, 7) is 4.46. The Kier molecular flexibility index (Phi) is 6.53. The minimum atomic E-state index is 0.196. The molecule has 5 nitrogen and oxygen atoms in total. The Bertz CT molecular complexity index is 666. The minimum Gasteiger partial charge on any atom is -0.490 e.